The van der Waals surface area contributed by atoms with E-state index >= 15 is 0 Å². The third-order valence-corrected chi connectivity index (χ3v) is 3.87. The van der Waals surface area contributed by atoms with Gasteiger partial charge in [-0.25, -0.2) is 4.39 Å². The van der Waals surface area contributed by atoms with Gasteiger partial charge in [-0.1, -0.05) is 23.7 Å². The van der Waals surface area contributed by atoms with Gasteiger partial charge in [-0.05, 0) is 32.4 Å². The molecule has 0 radical (unpaired) electrons. The lowest BCUT2D eigenvalue weighted by Gasteiger charge is -2.41. The SMILES string of the molecule is CC1C(=O)NC(C)(C)C(=O)N1Cc1cccc(F)c1Cl. The Bertz CT molecular complexity index is 574. The average molecular weight is 299 g/mol. The highest BCUT2D eigenvalue weighted by atomic mass is 35.5. The molecule has 2 amide bonds. The predicted molar refractivity (Wildman–Crippen MR) is 73.6 cm³/mol. The lowest BCUT2D eigenvalue weighted by molar-refractivity contribution is -0.153. The Kier molecular flexibility index (Phi) is 3.73. The summed E-state index contributed by atoms with van der Waals surface area (Å²) >= 11 is 5.90. The maximum Gasteiger partial charge on any atom is 0.248 e. The fourth-order valence-corrected chi connectivity index (χ4v) is 2.39. The Labute approximate surface area is 121 Å². The number of carbonyl (C=O) groups is 2. The lowest BCUT2D eigenvalue weighted by atomic mass is 9.97. The van der Waals surface area contributed by atoms with Crippen molar-refractivity contribution in [2.24, 2.45) is 0 Å². The van der Waals surface area contributed by atoms with E-state index in [1.807, 2.05) is 0 Å². The second-order valence-corrected chi connectivity index (χ2v) is 5.81. The second kappa shape index (κ2) is 5.05. The third kappa shape index (κ3) is 2.50. The van der Waals surface area contributed by atoms with Gasteiger partial charge < -0.3 is 10.2 Å². The van der Waals surface area contributed by atoms with Crippen LogP contribution in [0.3, 0.4) is 0 Å². The van der Waals surface area contributed by atoms with Crippen LogP contribution in [0.5, 0.6) is 0 Å². The quantitative estimate of drug-likeness (QED) is 0.909. The summed E-state index contributed by atoms with van der Waals surface area (Å²) < 4.78 is 13.4. The van der Waals surface area contributed by atoms with Crippen molar-refractivity contribution in [2.75, 3.05) is 0 Å². The monoisotopic (exact) mass is 298 g/mol. The highest BCUT2D eigenvalue weighted by molar-refractivity contribution is 6.31. The predicted octanol–water partition coefficient (Wildman–Crippen LogP) is 2.10. The topological polar surface area (TPSA) is 49.4 Å². The maximum atomic E-state index is 13.4. The number of carbonyl (C=O) groups excluding carboxylic acids is 2. The number of nitrogens with one attached hydrogen (secondary N) is 1. The number of rotatable bonds is 2. The van der Waals surface area contributed by atoms with Gasteiger partial charge in [0.25, 0.3) is 0 Å². The molecule has 1 heterocycles. The molecule has 1 aliphatic heterocycles. The number of nitrogens with zero attached hydrogens (tertiary/aromatic N) is 1. The number of benzene rings is 1. The van der Waals surface area contributed by atoms with Gasteiger partial charge in [0.1, 0.15) is 17.4 Å². The van der Waals surface area contributed by atoms with E-state index in [0.717, 1.165) is 0 Å². The molecule has 0 spiro atoms. The highest BCUT2D eigenvalue weighted by Gasteiger charge is 2.43. The lowest BCUT2D eigenvalue weighted by Crippen LogP contribution is -2.66. The van der Waals surface area contributed by atoms with E-state index in [2.05, 4.69) is 5.32 Å². The first kappa shape index (κ1) is 14.8. The molecule has 0 saturated carbocycles. The van der Waals surface area contributed by atoms with Crippen LogP contribution in [-0.4, -0.2) is 28.3 Å². The van der Waals surface area contributed by atoms with Crippen molar-refractivity contribution in [1.29, 1.82) is 0 Å². The van der Waals surface area contributed by atoms with Crippen LogP contribution in [0, 0.1) is 5.82 Å². The van der Waals surface area contributed by atoms with Gasteiger partial charge in [0.05, 0.1) is 5.02 Å². The molecule has 0 bridgehead atoms. The first-order valence-electron chi connectivity index (χ1n) is 6.30. The molecule has 1 saturated heterocycles. The average Bonchev–Trinajstić information content (AvgIpc) is 2.37. The minimum Gasteiger partial charge on any atom is -0.340 e. The molecule has 1 aromatic rings. The van der Waals surface area contributed by atoms with Crippen LogP contribution >= 0.6 is 11.6 Å². The number of hydrogen-bond donors (Lipinski definition) is 1. The van der Waals surface area contributed by atoms with Crippen molar-refractivity contribution < 1.29 is 14.0 Å². The largest absolute Gasteiger partial charge is 0.340 e. The van der Waals surface area contributed by atoms with E-state index in [9.17, 15) is 14.0 Å². The summed E-state index contributed by atoms with van der Waals surface area (Å²) in [6.45, 7) is 5.02. The Balaban J connectivity index is 2.33. The minimum atomic E-state index is -0.969. The minimum absolute atomic E-state index is 0.0173. The van der Waals surface area contributed by atoms with Crippen molar-refractivity contribution in [1.82, 2.24) is 10.2 Å². The zero-order valence-corrected chi connectivity index (χ0v) is 12.3. The van der Waals surface area contributed by atoms with E-state index in [-0.39, 0.29) is 23.4 Å². The number of hydrogen-bond acceptors (Lipinski definition) is 2. The van der Waals surface area contributed by atoms with Crippen molar-refractivity contribution in [3.63, 3.8) is 0 Å². The van der Waals surface area contributed by atoms with Crippen molar-refractivity contribution in [3.05, 3.63) is 34.6 Å². The van der Waals surface area contributed by atoms with Crippen LogP contribution in [-0.2, 0) is 16.1 Å². The smallest absolute Gasteiger partial charge is 0.248 e. The summed E-state index contributed by atoms with van der Waals surface area (Å²) in [7, 11) is 0. The summed E-state index contributed by atoms with van der Waals surface area (Å²) in [6, 6.07) is 3.81. The normalized spacial score (nSPS) is 21.9. The molecule has 0 aromatic heterocycles. The first-order valence-corrected chi connectivity index (χ1v) is 6.68. The molecule has 1 N–H and O–H groups in total. The zero-order valence-electron chi connectivity index (χ0n) is 11.5. The molecule has 2 rings (SSSR count). The summed E-state index contributed by atoms with van der Waals surface area (Å²) in [5.41, 5.74) is -0.485. The molecule has 6 heteroatoms. The molecule has 1 atom stereocenters. The van der Waals surface area contributed by atoms with E-state index in [1.54, 1.807) is 26.8 Å². The molecule has 1 unspecified atom stereocenters. The Morgan fingerprint density at radius 1 is 1.40 bits per heavy atom. The van der Waals surface area contributed by atoms with Crippen LogP contribution in [0.4, 0.5) is 4.39 Å². The zero-order chi connectivity index (χ0) is 15.1. The molecule has 1 aliphatic rings. The molecule has 20 heavy (non-hydrogen) atoms. The second-order valence-electron chi connectivity index (χ2n) is 5.44. The standard InChI is InChI=1S/C14H16ClFN2O2/c1-8-12(19)17-14(2,3)13(20)18(8)7-9-5-4-6-10(16)11(9)15/h4-6,8H,7H2,1-3H3,(H,17,19). The van der Waals surface area contributed by atoms with Crippen LogP contribution in [0.2, 0.25) is 5.02 Å². The number of halogens is 2. The third-order valence-electron chi connectivity index (χ3n) is 3.45. The van der Waals surface area contributed by atoms with Gasteiger partial charge >= 0.3 is 0 Å². The Morgan fingerprint density at radius 2 is 2.05 bits per heavy atom. The van der Waals surface area contributed by atoms with Crippen LogP contribution in [0.1, 0.15) is 26.3 Å². The highest BCUT2D eigenvalue weighted by Crippen LogP contribution is 2.25. The maximum absolute atomic E-state index is 13.4. The van der Waals surface area contributed by atoms with E-state index in [0.29, 0.717) is 5.56 Å². The van der Waals surface area contributed by atoms with Gasteiger partial charge in [0, 0.05) is 6.54 Å². The summed E-state index contributed by atoms with van der Waals surface area (Å²) in [4.78, 5) is 25.7. The van der Waals surface area contributed by atoms with E-state index in [1.165, 1.54) is 17.0 Å². The van der Waals surface area contributed by atoms with Gasteiger partial charge in [0.2, 0.25) is 11.8 Å². The van der Waals surface area contributed by atoms with Gasteiger partial charge in [0.15, 0.2) is 0 Å². The number of amides is 2. The van der Waals surface area contributed by atoms with Crippen molar-refractivity contribution >= 4 is 23.4 Å². The molecule has 4 nitrogen and oxygen atoms in total. The molecule has 108 valence electrons. The Morgan fingerprint density at radius 3 is 2.70 bits per heavy atom. The van der Waals surface area contributed by atoms with E-state index < -0.39 is 17.4 Å². The summed E-state index contributed by atoms with van der Waals surface area (Å²) in [6.07, 6.45) is 0. The van der Waals surface area contributed by atoms with Gasteiger partial charge in [-0.2, -0.15) is 0 Å². The van der Waals surface area contributed by atoms with Crippen LogP contribution in [0.15, 0.2) is 18.2 Å². The van der Waals surface area contributed by atoms with E-state index in [4.69, 9.17) is 11.6 Å². The summed E-state index contributed by atoms with van der Waals surface area (Å²) in [5.74, 6) is -0.989. The molecule has 1 aromatic carbocycles. The Hall–Kier alpha value is -1.62. The van der Waals surface area contributed by atoms with Gasteiger partial charge in [-0.3, -0.25) is 9.59 Å². The molecular weight excluding hydrogens is 283 g/mol. The molecular formula is C14H16ClFN2O2. The van der Waals surface area contributed by atoms with Crippen molar-refractivity contribution in [2.45, 2.75) is 38.9 Å². The molecule has 0 aliphatic carbocycles. The summed E-state index contributed by atoms with van der Waals surface area (Å²) in [5, 5.41) is 2.64. The van der Waals surface area contributed by atoms with Crippen LogP contribution < -0.4 is 5.32 Å². The fraction of sp³-hybridized carbons (Fsp3) is 0.429. The fourth-order valence-electron chi connectivity index (χ4n) is 2.21. The van der Waals surface area contributed by atoms with Crippen LogP contribution in [0.25, 0.3) is 0 Å². The first-order chi connectivity index (χ1) is 9.24. The number of piperazine rings is 1. The molecule has 1 fully saturated rings. The van der Waals surface area contributed by atoms with Gasteiger partial charge in [-0.15, -0.1) is 0 Å². The van der Waals surface area contributed by atoms with Crippen molar-refractivity contribution in [3.8, 4) is 0 Å².